The highest BCUT2D eigenvalue weighted by Gasteiger charge is 2.27. The minimum atomic E-state index is -0.465. The van der Waals surface area contributed by atoms with Gasteiger partial charge in [-0.15, -0.1) is 11.3 Å². The number of piperidine rings is 1. The van der Waals surface area contributed by atoms with Crippen LogP contribution >= 0.6 is 11.3 Å². The van der Waals surface area contributed by atoms with Crippen molar-refractivity contribution in [2.75, 3.05) is 13.1 Å². The zero-order valence-electron chi connectivity index (χ0n) is 11.0. The molecule has 1 unspecified atom stereocenters. The summed E-state index contributed by atoms with van der Waals surface area (Å²) in [5, 5.41) is 1.97. The van der Waals surface area contributed by atoms with Gasteiger partial charge in [0.2, 0.25) is 5.91 Å². The Balaban J connectivity index is 1.87. The molecule has 1 aromatic rings. The van der Waals surface area contributed by atoms with E-state index >= 15 is 0 Å². The Bertz CT molecular complexity index is 369. The number of likely N-dealkylation sites (tertiary alicyclic amines) is 1. The Labute approximate surface area is 113 Å². The van der Waals surface area contributed by atoms with Gasteiger partial charge in [0.05, 0.1) is 0 Å². The quantitative estimate of drug-likeness (QED) is 0.911. The molecule has 0 spiro atoms. The zero-order valence-corrected chi connectivity index (χ0v) is 11.8. The molecule has 3 nitrogen and oxygen atoms in total. The van der Waals surface area contributed by atoms with Crippen molar-refractivity contribution in [3.63, 3.8) is 0 Å². The molecule has 2 heterocycles. The van der Waals surface area contributed by atoms with Gasteiger partial charge in [-0.3, -0.25) is 4.79 Å². The third kappa shape index (κ3) is 3.12. The van der Waals surface area contributed by atoms with E-state index in [2.05, 4.69) is 6.92 Å². The van der Waals surface area contributed by atoms with Crippen LogP contribution in [0.3, 0.4) is 0 Å². The summed E-state index contributed by atoms with van der Waals surface area (Å²) in [5.41, 5.74) is 6.03. The number of carbonyl (C=O) groups excluding carboxylic acids is 1. The lowest BCUT2D eigenvalue weighted by molar-refractivity contribution is -0.134. The van der Waals surface area contributed by atoms with E-state index in [-0.39, 0.29) is 5.91 Å². The van der Waals surface area contributed by atoms with E-state index < -0.39 is 6.04 Å². The molecule has 1 fully saturated rings. The third-order valence-electron chi connectivity index (χ3n) is 3.74. The Morgan fingerprint density at radius 3 is 2.83 bits per heavy atom. The van der Waals surface area contributed by atoms with Crippen LogP contribution < -0.4 is 5.73 Å². The zero-order chi connectivity index (χ0) is 13.0. The average molecular weight is 266 g/mol. The first-order valence-corrected chi connectivity index (χ1v) is 7.68. The van der Waals surface area contributed by atoms with Crippen LogP contribution in [0, 0.1) is 5.92 Å². The molecule has 1 atom stereocenters. The summed E-state index contributed by atoms with van der Waals surface area (Å²) in [6, 6.07) is 3.42. The van der Waals surface area contributed by atoms with E-state index in [9.17, 15) is 4.79 Å². The van der Waals surface area contributed by atoms with E-state index in [1.54, 1.807) is 11.3 Å². The van der Waals surface area contributed by atoms with Gasteiger partial charge in [0.15, 0.2) is 0 Å². The minimum absolute atomic E-state index is 0.0902. The number of nitrogens with two attached hydrogens (primary N) is 1. The summed E-state index contributed by atoms with van der Waals surface area (Å²) in [7, 11) is 0. The molecule has 0 bridgehead atoms. The monoisotopic (exact) mass is 266 g/mol. The summed E-state index contributed by atoms with van der Waals surface area (Å²) in [4.78, 5) is 15.2. The van der Waals surface area contributed by atoms with Gasteiger partial charge >= 0.3 is 0 Å². The largest absolute Gasteiger partial charge is 0.341 e. The topological polar surface area (TPSA) is 46.3 Å². The van der Waals surface area contributed by atoms with Crippen molar-refractivity contribution >= 4 is 17.2 Å². The lowest BCUT2D eigenvalue weighted by Gasteiger charge is -2.33. The first-order chi connectivity index (χ1) is 8.72. The predicted molar refractivity (Wildman–Crippen MR) is 75.5 cm³/mol. The van der Waals surface area contributed by atoms with Crippen LogP contribution in [0.4, 0.5) is 0 Å². The molecule has 0 radical (unpaired) electrons. The molecule has 1 aromatic heterocycles. The van der Waals surface area contributed by atoms with E-state index in [4.69, 9.17) is 5.73 Å². The van der Waals surface area contributed by atoms with Gasteiger partial charge in [0, 0.05) is 18.0 Å². The molecule has 2 rings (SSSR count). The molecule has 4 heteroatoms. The molecule has 1 aliphatic rings. The molecule has 2 N–H and O–H groups in total. The van der Waals surface area contributed by atoms with E-state index in [0.29, 0.717) is 0 Å². The van der Waals surface area contributed by atoms with Crippen molar-refractivity contribution in [2.24, 2.45) is 11.7 Å². The maximum atomic E-state index is 12.3. The van der Waals surface area contributed by atoms with E-state index in [1.807, 2.05) is 22.4 Å². The number of hydrogen-bond donors (Lipinski definition) is 1. The standard InChI is InChI=1S/C14H22N2OS/c1-2-4-11-6-8-16(9-7-11)14(17)13(15)12-5-3-10-18-12/h3,5,10-11,13H,2,4,6-9,15H2,1H3. The molecular weight excluding hydrogens is 244 g/mol. The first-order valence-electron chi connectivity index (χ1n) is 6.80. The van der Waals surface area contributed by atoms with Crippen LogP contribution in [0.2, 0.25) is 0 Å². The van der Waals surface area contributed by atoms with Crippen molar-refractivity contribution in [3.05, 3.63) is 22.4 Å². The molecule has 0 aromatic carbocycles. The average Bonchev–Trinajstić information content (AvgIpc) is 2.92. The molecule has 18 heavy (non-hydrogen) atoms. The number of nitrogens with zero attached hydrogens (tertiary/aromatic N) is 1. The van der Waals surface area contributed by atoms with Gasteiger partial charge in [-0.1, -0.05) is 25.8 Å². The smallest absolute Gasteiger partial charge is 0.244 e. The Kier molecular flexibility index (Phi) is 4.78. The van der Waals surface area contributed by atoms with Crippen LogP contribution in [0.1, 0.15) is 43.5 Å². The number of hydrogen-bond acceptors (Lipinski definition) is 3. The SMILES string of the molecule is CCCC1CCN(C(=O)C(N)c2cccs2)CC1. The van der Waals surface area contributed by atoms with Gasteiger partial charge < -0.3 is 10.6 Å². The Morgan fingerprint density at radius 1 is 1.56 bits per heavy atom. The fraction of sp³-hybridized carbons (Fsp3) is 0.643. The molecular formula is C14H22N2OS. The highest BCUT2D eigenvalue weighted by atomic mass is 32.1. The second-order valence-corrected chi connectivity index (χ2v) is 6.03. The van der Waals surface area contributed by atoms with Crippen molar-refractivity contribution in [3.8, 4) is 0 Å². The van der Waals surface area contributed by atoms with Crippen LogP contribution in [-0.2, 0) is 4.79 Å². The fourth-order valence-corrected chi connectivity index (χ4v) is 3.36. The summed E-state index contributed by atoms with van der Waals surface area (Å²) in [6.07, 6.45) is 4.81. The fourth-order valence-electron chi connectivity index (χ4n) is 2.64. The van der Waals surface area contributed by atoms with E-state index in [0.717, 1.165) is 36.7 Å². The van der Waals surface area contributed by atoms with Crippen LogP contribution in [0.5, 0.6) is 0 Å². The Morgan fingerprint density at radius 2 is 2.28 bits per heavy atom. The summed E-state index contributed by atoms with van der Waals surface area (Å²) < 4.78 is 0. The van der Waals surface area contributed by atoms with Gasteiger partial charge in [-0.25, -0.2) is 0 Å². The lowest BCUT2D eigenvalue weighted by Crippen LogP contribution is -2.43. The summed E-state index contributed by atoms with van der Waals surface area (Å²) in [5.74, 6) is 0.893. The van der Waals surface area contributed by atoms with Crippen molar-refractivity contribution in [1.82, 2.24) is 4.90 Å². The second-order valence-electron chi connectivity index (χ2n) is 5.05. The lowest BCUT2D eigenvalue weighted by atomic mass is 9.92. The van der Waals surface area contributed by atoms with Crippen molar-refractivity contribution in [1.29, 1.82) is 0 Å². The number of rotatable bonds is 4. The van der Waals surface area contributed by atoms with E-state index in [1.165, 1.54) is 12.8 Å². The van der Waals surface area contributed by atoms with Crippen LogP contribution in [-0.4, -0.2) is 23.9 Å². The number of carbonyl (C=O) groups is 1. The molecule has 0 aliphatic carbocycles. The van der Waals surface area contributed by atoms with Crippen molar-refractivity contribution in [2.45, 2.75) is 38.6 Å². The highest BCUT2D eigenvalue weighted by Crippen LogP contribution is 2.25. The first kappa shape index (κ1) is 13.6. The van der Waals surface area contributed by atoms with Crippen LogP contribution in [0.15, 0.2) is 17.5 Å². The van der Waals surface area contributed by atoms with Gasteiger partial charge in [-0.05, 0) is 30.2 Å². The summed E-state index contributed by atoms with van der Waals surface area (Å²) >= 11 is 1.56. The molecule has 0 saturated carbocycles. The third-order valence-corrected chi connectivity index (χ3v) is 4.69. The number of thiophene rings is 1. The van der Waals surface area contributed by atoms with Gasteiger partial charge in [0.1, 0.15) is 6.04 Å². The van der Waals surface area contributed by atoms with Crippen LogP contribution in [0.25, 0.3) is 0 Å². The maximum absolute atomic E-state index is 12.3. The molecule has 100 valence electrons. The van der Waals surface area contributed by atoms with Gasteiger partial charge in [0.25, 0.3) is 0 Å². The van der Waals surface area contributed by atoms with Gasteiger partial charge in [-0.2, -0.15) is 0 Å². The Hall–Kier alpha value is -0.870. The highest BCUT2D eigenvalue weighted by molar-refractivity contribution is 7.10. The second kappa shape index (κ2) is 6.34. The minimum Gasteiger partial charge on any atom is -0.341 e. The molecule has 1 amide bonds. The van der Waals surface area contributed by atoms with Crippen molar-refractivity contribution < 1.29 is 4.79 Å². The summed E-state index contributed by atoms with van der Waals surface area (Å²) in [6.45, 7) is 3.98. The maximum Gasteiger partial charge on any atom is 0.244 e. The normalized spacial score (nSPS) is 18.9. The molecule has 1 saturated heterocycles. The predicted octanol–water partition coefficient (Wildman–Crippen LogP) is 2.79. The number of amides is 1. The molecule has 1 aliphatic heterocycles.